The highest BCUT2D eigenvalue weighted by atomic mass is 19.1. The second-order valence-corrected chi connectivity index (χ2v) is 8.28. The number of aromatic amines is 1. The summed E-state index contributed by atoms with van der Waals surface area (Å²) in [7, 11) is 0. The van der Waals surface area contributed by atoms with Crippen molar-refractivity contribution in [3.63, 3.8) is 0 Å². The predicted molar refractivity (Wildman–Crippen MR) is 128 cm³/mol. The molecule has 3 heterocycles. The number of nitro benzene ring substituents is 1. The molecule has 9 nitrogen and oxygen atoms in total. The zero-order valence-corrected chi connectivity index (χ0v) is 18.7. The van der Waals surface area contributed by atoms with Crippen LogP contribution in [-0.4, -0.2) is 43.6 Å². The van der Waals surface area contributed by atoms with E-state index < -0.39 is 16.3 Å². The largest absolute Gasteiger partial charge is 0.360 e. The maximum atomic E-state index is 13.5. The van der Waals surface area contributed by atoms with Crippen LogP contribution in [0.5, 0.6) is 0 Å². The lowest BCUT2D eigenvalue weighted by molar-refractivity contribution is -0.384. The molecule has 0 aliphatic carbocycles. The van der Waals surface area contributed by atoms with Crippen LogP contribution in [0.4, 0.5) is 10.1 Å². The average molecular weight is 473 g/mol. The van der Waals surface area contributed by atoms with Crippen molar-refractivity contribution < 1.29 is 14.1 Å². The maximum absolute atomic E-state index is 13.5. The minimum absolute atomic E-state index is 0.167. The van der Waals surface area contributed by atoms with Crippen LogP contribution < -0.4 is 5.43 Å². The van der Waals surface area contributed by atoms with Gasteiger partial charge in [-0.2, -0.15) is 5.10 Å². The van der Waals surface area contributed by atoms with E-state index in [1.807, 2.05) is 12.3 Å². The molecule has 0 radical (unpaired) electrons. The monoisotopic (exact) mass is 473 g/mol. The fourth-order valence-corrected chi connectivity index (χ4v) is 4.35. The van der Waals surface area contributed by atoms with E-state index in [2.05, 4.69) is 10.1 Å². The van der Waals surface area contributed by atoms with Gasteiger partial charge in [0, 0.05) is 53.6 Å². The van der Waals surface area contributed by atoms with Gasteiger partial charge >= 0.3 is 0 Å². The molecule has 0 spiro atoms. The summed E-state index contributed by atoms with van der Waals surface area (Å²) in [6.07, 6.45) is 4.27. The van der Waals surface area contributed by atoms with Crippen molar-refractivity contribution >= 4 is 28.1 Å². The van der Waals surface area contributed by atoms with Crippen molar-refractivity contribution in [1.29, 1.82) is 0 Å². The summed E-state index contributed by atoms with van der Waals surface area (Å²) in [5.41, 5.74) is 2.16. The fourth-order valence-electron chi connectivity index (χ4n) is 4.35. The van der Waals surface area contributed by atoms with Crippen LogP contribution in [0.15, 0.2) is 65.6 Å². The van der Waals surface area contributed by atoms with Crippen molar-refractivity contribution in [3.8, 4) is 5.69 Å². The summed E-state index contributed by atoms with van der Waals surface area (Å²) in [5, 5.41) is 16.6. The van der Waals surface area contributed by atoms with Crippen LogP contribution in [0.25, 0.3) is 22.2 Å². The number of halogens is 1. The van der Waals surface area contributed by atoms with Gasteiger partial charge in [0.25, 0.3) is 11.6 Å². The van der Waals surface area contributed by atoms with E-state index >= 15 is 0 Å². The number of carbonyl (C=O) groups excluding carboxylic acids is 1. The van der Waals surface area contributed by atoms with Crippen LogP contribution >= 0.6 is 0 Å². The molecule has 0 saturated heterocycles. The molecule has 176 valence electrons. The van der Waals surface area contributed by atoms with Gasteiger partial charge in [-0.05, 0) is 43.2 Å². The molecule has 0 fully saturated rings. The van der Waals surface area contributed by atoms with Crippen LogP contribution in [0.2, 0.25) is 0 Å². The molecule has 0 saturated carbocycles. The van der Waals surface area contributed by atoms with Gasteiger partial charge in [-0.15, -0.1) is 0 Å². The molecule has 5 rings (SSSR count). The number of H-pyrrole nitrogens is 1. The Balaban J connectivity index is 1.45. The quantitative estimate of drug-likeness (QED) is 0.355. The molecule has 0 bridgehead atoms. The first kappa shape index (κ1) is 22.2. The summed E-state index contributed by atoms with van der Waals surface area (Å²) in [6.45, 7) is 2.23. The van der Waals surface area contributed by atoms with Crippen LogP contribution in [0, 0.1) is 22.9 Å². The van der Waals surface area contributed by atoms with Gasteiger partial charge in [-0.3, -0.25) is 19.7 Å². The summed E-state index contributed by atoms with van der Waals surface area (Å²) in [4.78, 5) is 41.4. The summed E-state index contributed by atoms with van der Waals surface area (Å²) < 4.78 is 14.8. The zero-order valence-electron chi connectivity index (χ0n) is 18.7. The molecule has 10 heteroatoms. The number of hydrogen-bond acceptors (Lipinski definition) is 5. The van der Waals surface area contributed by atoms with Gasteiger partial charge < -0.3 is 9.88 Å². The molecule has 1 aliphatic heterocycles. The minimum Gasteiger partial charge on any atom is -0.360 e. The normalized spacial score (nSPS) is 13.7. The lowest BCUT2D eigenvalue weighted by atomic mass is 9.98. The first-order chi connectivity index (χ1) is 16.8. The molecule has 2 aromatic carbocycles. The molecule has 1 N–H and O–H groups in total. The van der Waals surface area contributed by atoms with Crippen molar-refractivity contribution in [1.82, 2.24) is 19.7 Å². The Morgan fingerprint density at radius 1 is 1.20 bits per heavy atom. The van der Waals surface area contributed by atoms with Crippen molar-refractivity contribution in [2.45, 2.75) is 13.3 Å². The van der Waals surface area contributed by atoms with Gasteiger partial charge in [0.2, 0.25) is 5.43 Å². The van der Waals surface area contributed by atoms with Crippen LogP contribution in [0.1, 0.15) is 28.2 Å². The number of rotatable bonds is 4. The van der Waals surface area contributed by atoms with Gasteiger partial charge in [-0.25, -0.2) is 9.07 Å². The second kappa shape index (κ2) is 8.64. The Kier molecular flexibility index (Phi) is 5.48. The van der Waals surface area contributed by atoms with Gasteiger partial charge in [-0.1, -0.05) is 18.2 Å². The number of para-hydroxylation sites is 2. The standard InChI is InChI=1S/C25H20FN5O4/c1-15-12-23(32)24(28-30(15)21-4-2-3-5-22(21)31(34)35)25(33)29-10-8-16(9-11-29)19-14-27-20-13-17(26)6-7-18(19)20/h2-8,12-14,27H,9-11H2,1H3. The number of carbonyl (C=O) groups is 1. The number of fused-ring (bicyclic) bond motifs is 1. The second-order valence-electron chi connectivity index (χ2n) is 8.28. The average Bonchev–Trinajstić information content (AvgIpc) is 3.27. The van der Waals surface area contributed by atoms with Gasteiger partial charge in [0.1, 0.15) is 11.5 Å². The van der Waals surface area contributed by atoms with Crippen molar-refractivity contribution in [2.75, 3.05) is 13.1 Å². The molecule has 1 aliphatic rings. The molecule has 35 heavy (non-hydrogen) atoms. The zero-order chi connectivity index (χ0) is 24.7. The number of nitro groups is 1. The smallest absolute Gasteiger partial charge is 0.294 e. The highest BCUT2D eigenvalue weighted by Gasteiger charge is 2.25. The number of nitrogens with zero attached hydrogens (tertiary/aromatic N) is 4. The number of nitrogens with one attached hydrogen (secondary N) is 1. The van der Waals surface area contributed by atoms with Crippen molar-refractivity contribution in [3.05, 3.63) is 104 Å². The van der Waals surface area contributed by atoms with E-state index in [9.17, 15) is 24.1 Å². The first-order valence-corrected chi connectivity index (χ1v) is 10.9. The Hall–Kier alpha value is -4.60. The summed E-state index contributed by atoms with van der Waals surface area (Å²) in [5.74, 6) is -0.865. The Morgan fingerprint density at radius 2 is 2.00 bits per heavy atom. The number of amides is 1. The predicted octanol–water partition coefficient (Wildman–Crippen LogP) is 4.00. The number of benzene rings is 2. The topological polar surface area (TPSA) is 114 Å². The van der Waals surface area contributed by atoms with E-state index in [0.717, 1.165) is 16.5 Å². The van der Waals surface area contributed by atoms with Crippen LogP contribution in [0.3, 0.4) is 0 Å². The number of hydrogen-bond donors (Lipinski definition) is 1. The molecule has 0 atom stereocenters. The Morgan fingerprint density at radius 3 is 2.74 bits per heavy atom. The number of aryl methyl sites for hydroxylation is 1. The molecule has 4 aromatic rings. The van der Waals surface area contributed by atoms with E-state index in [4.69, 9.17) is 0 Å². The Bertz CT molecular complexity index is 1590. The third-order valence-electron chi connectivity index (χ3n) is 6.10. The summed E-state index contributed by atoms with van der Waals surface area (Å²) >= 11 is 0. The molecule has 1 amide bonds. The van der Waals surface area contributed by atoms with Crippen LogP contribution in [-0.2, 0) is 0 Å². The maximum Gasteiger partial charge on any atom is 0.294 e. The van der Waals surface area contributed by atoms with E-state index in [0.29, 0.717) is 24.2 Å². The SMILES string of the molecule is Cc1cc(=O)c(C(=O)N2CC=C(c3c[nH]c4cc(F)ccc34)CC2)nn1-c1ccccc1[N+](=O)[O-]. The summed E-state index contributed by atoms with van der Waals surface area (Å²) in [6, 6.07) is 11.8. The molecule has 0 unspecified atom stereocenters. The van der Waals surface area contributed by atoms with E-state index in [-0.39, 0.29) is 29.4 Å². The fraction of sp³-hybridized carbons (Fsp3) is 0.160. The third-order valence-corrected chi connectivity index (χ3v) is 6.10. The molecule has 2 aromatic heterocycles. The first-order valence-electron chi connectivity index (χ1n) is 10.9. The van der Waals surface area contributed by atoms with Crippen molar-refractivity contribution in [2.24, 2.45) is 0 Å². The lowest BCUT2D eigenvalue weighted by Crippen LogP contribution is -2.38. The van der Waals surface area contributed by atoms with Gasteiger partial charge in [0.05, 0.1) is 4.92 Å². The Labute approximate surface area is 198 Å². The van der Waals surface area contributed by atoms with E-state index in [1.165, 1.54) is 46.0 Å². The minimum atomic E-state index is -0.546. The molecular formula is C25H20FN5O4. The lowest BCUT2D eigenvalue weighted by Gasteiger charge is -2.26. The van der Waals surface area contributed by atoms with Gasteiger partial charge in [0.15, 0.2) is 5.69 Å². The highest BCUT2D eigenvalue weighted by molar-refractivity contribution is 5.95. The highest BCUT2D eigenvalue weighted by Crippen LogP contribution is 2.30. The third kappa shape index (κ3) is 3.99. The van der Waals surface area contributed by atoms with E-state index in [1.54, 1.807) is 19.1 Å². The molecular weight excluding hydrogens is 453 g/mol. The number of aromatic nitrogens is 3.